The Morgan fingerprint density at radius 2 is 1.81 bits per heavy atom. The van der Waals surface area contributed by atoms with Crippen LogP contribution >= 0.6 is 0 Å². The van der Waals surface area contributed by atoms with E-state index in [0.29, 0.717) is 24.7 Å². The lowest BCUT2D eigenvalue weighted by Crippen LogP contribution is -2.65. The summed E-state index contributed by atoms with van der Waals surface area (Å²) in [6.07, 6.45) is 7.93. The first-order chi connectivity index (χ1) is 10.1. The van der Waals surface area contributed by atoms with Crippen LogP contribution < -0.4 is 0 Å². The quantitative estimate of drug-likeness (QED) is 0.592. The fourth-order valence-electron chi connectivity index (χ4n) is 5.74. The molecule has 0 N–H and O–H groups in total. The monoisotopic (exact) mass is 290 g/mol. The fraction of sp³-hybridized carbons (Fsp3) is 0.765. The lowest BCUT2D eigenvalue weighted by atomic mass is 9.48. The van der Waals surface area contributed by atoms with Crippen LogP contribution in [0.15, 0.2) is 12.7 Å². The smallest absolute Gasteiger partial charge is 0.330 e. The average molecular weight is 290 g/mol. The van der Waals surface area contributed by atoms with Crippen molar-refractivity contribution in [2.45, 2.75) is 56.7 Å². The number of carbonyl (C=O) groups is 2. The standard InChI is InChI=1S/C17H22O4/c1-2-15(18)21-17(14-3-4-16(19)20-14)12-6-10-5-11(8-12)9-13(17)7-10/h2,10-14H,1,3-9H2. The summed E-state index contributed by atoms with van der Waals surface area (Å²) in [6.45, 7) is 3.53. The highest BCUT2D eigenvalue weighted by Crippen LogP contribution is 2.62. The van der Waals surface area contributed by atoms with Crippen molar-refractivity contribution >= 4 is 11.9 Å². The zero-order valence-corrected chi connectivity index (χ0v) is 12.3. The average Bonchev–Trinajstić information content (AvgIpc) is 2.89. The van der Waals surface area contributed by atoms with Crippen LogP contribution in [-0.2, 0) is 19.1 Å². The summed E-state index contributed by atoms with van der Waals surface area (Å²) in [4.78, 5) is 23.6. The second-order valence-electron chi connectivity index (χ2n) is 7.30. The summed E-state index contributed by atoms with van der Waals surface area (Å²) in [7, 11) is 0. The van der Waals surface area contributed by atoms with Crippen molar-refractivity contribution in [1.82, 2.24) is 0 Å². The van der Waals surface area contributed by atoms with E-state index in [0.717, 1.165) is 37.5 Å². The van der Waals surface area contributed by atoms with Gasteiger partial charge in [-0.25, -0.2) is 4.79 Å². The molecule has 1 atom stereocenters. The topological polar surface area (TPSA) is 52.6 Å². The van der Waals surface area contributed by atoms with Gasteiger partial charge in [-0.15, -0.1) is 0 Å². The Labute approximate surface area is 124 Å². The first kappa shape index (κ1) is 13.4. The summed E-state index contributed by atoms with van der Waals surface area (Å²) in [6, 6.07) is 0. The largest absolute Gasteiger partial charge is 0.458 e. The van der Waals surface area contributed by atoms with E-state index >= 15 is 0 Å². The van der Waals surface area contributed by atoms with E-state index in [2.05, 4.69) is 6.58 Å². The van der Waals surface area contributed by atoms with E-state index in [-0.39, 0.29) is 18.0 Å². The Hall–Kier alpha value is -1.32. The van der Waals surface area contributed by atoms with E-state index in [1.54, 1.807) is 0 Å². The van der Waals surface area contributed by atoms with Gasteiger partial charge < -0.3 is 9.47 Å². The zero-order chi connectivity index (χ0) is 14.6. The number of rotatable bonds is 3. The van der Waals surface area contributed by atoms with Crippen molar-refractivity contribution in [3.8, 4) is 0 Å². The zero-order valence-electron chi connectivity index (χ0n) is 12.3. The van der Waals surface area contributed by atoms with E-state index < -0.39 is 5.60 Å². The molecule has 0 aromatic carbocycles. The van der Waals surface area contributed by atoms with Gasteiger partial charge in [-0.2, -0.15) is 0 Å². The highest BCUT2D eigenvalue weighted by Gasteiger charge is 2.64. The summed E-state index contributed by atoms with van der Waals surface area (Å²) >= 11 is 0. The molecule has 5 fully saturated rings. The van der Waals surface area contributed by atoms with Gasteiger partial charge >= 0.3 is 11.9 Å². The Kier molecular flexibility index (Phi) is 2.92. The molecule has 1 saturated heterocycles. The Morgan fingerprint density at radius 1 is 1.19 bits per heavy atom. The molecule has 0 radical (unpaired) electrons. The molecule has 0 aromatic rings. The summed E-state index contributed by atoms with van der Waals surface area (Å²) in [5.74, 6) is 1.75. The number of hydrogen-bond donors (Lipinski definition) is 0. The van der Waals surface area contributed by atoms with Crippen molar-refractivity contribution in [3.63, 3.8) is 0 Å². The molecule has 5 rings (SSSR count). The minimum Gasteiger partial charge on any atom is -0.458 e. The molecule has 0 aromatic heterocycles. The molecule has 21 heavy (non-hydrogen) atoms. The summed E-state index contributed by atoms with van der Waals surface area (Å²) in [5, 5.41) is 0. The maximum Gasteiger partial charge on any atom is 0.330 e. The minimum atomic E-state index is -0.579. The maximum absolute atomic E-state index is 12.0. The Balaban J connectivity index is 1.71. The molecule has 1 aliphatic heterocycles. The van der Waals surface area contributed by atoms with E-state index in [1.165, 1.54) is 12.5 Å². The molecule has 5 aliphatic rings. The van der Waals surface area contributed by atoms with Gasteiger partial charge in [-0.3, -0.25) is 4.79 Å². The van der Waals surface area contributed by atoms with Gasteiger partial charge in [0.05, 0.1) is 0 Å². The van der Waals surface area contributed by atoms with E-state index in [9.17, 15) is 9.59 Å². The van der Waals surface area contributed by atoms with Crippen LogP contribution in [0.3, 0.4) is 0 Å². The molecule has 4 aliphatic carbocycles. The number of carbonyl (C=O) groups excluding carboxylic acids is 2. The summed E-state index contributed by atoms with van der Waals surface area (Å²) in [5.41, 5.74) is -0.579. The maximum atomic E-state index is 12.0. The molecule has 4 bridgehead atoms. The van der Waals surface area contributed by atoms with Gasteiger partial charge in [0.25, 0.3) is 0 Å². The Morgan fingerprint density at radius 3 is 2.29 bits per heavy atom. The highest BCUT2D eigenvalue weighted by molar-refractivity contribution is 5.82. The second kappa shape index (κ2) is 4.59. The molecule has 0 spiro atoms. The Bertz CT molecular complexity index is 467. The van der Waals surface area contributed by atoms with Crippen molar-refractivity contribution in [2.24, 2.45) is 23.7 Å². The molecule has 1 unspecified atom stereocenters. The fourth-order valence-corrected chi connectivity index (χ4v) is 5.74. The molecule has 4 nitrogen and oxygen atoms in total. The predicted octanol–water partition coefficient (Wildman–Crippen LogP) is 2.62. The minimum absolute atomic E-state index is 0.150. The number of esters is 2. The van der Waals surface area contributed by atoms with Gasteiger partial charge in [-0.05, 0) is 50.4 Å². The van der Waals surface area contributed by atoms with Gasteiger partial charge in [0.2, 0.25) is 0 Å². The predicted molar refractivity (Wildman–Crippen MR) is 75.2 cm³/mol. The third-order valence-electron chi connectivity index (χ3n) is 6.25. The van der Waals surface area contributed by atoms with Crippen LogP contribution in [0.4, 0.5) is 0 Å². The van der Waals surface area contributed by atoms with Gasteiger partial charge in [0.15, 0.2) is 5.60 Å². The van der Waals surface area contributed by atoms with Crippen LogP contribution in [0.5, 0.6) is 0 Å². The number of hydrogen-bond acceptors (Lipinski definition) is 4. The van der Waals surface area contributed by atoms with Crippen molar-refractivity contribution in [2.75, 3.05) is 0 Å². The molecule has 114 valence electrons. The number of ether oxygens (including phenoxy) is 2. The van der Waals surface area contributed by atoms with Gasteiger partial charge in [-0.1, -0.05) is 6.58 Å². The molecule has 4 saturated carbocycles. The normalized spacial score (nSPS) is 47.2. The van der Waals surface area contributed by atoms with Gasteiger partial charge in [0, 0.05) is 24.3 Å². The van der Waals surface area contributed by atoms with Crippen molar-refractivity contribution in [3.05, 3.63) is 12.7 Å². The van der Waals surface area contributed by atoms with Gasteiger partial charge in [0.1, 0.15) is 6.10 Å². The number of cyclic esters (lactones) is 1. The molecule has 0 amide bonds. The van der Waals surface area contributed by atoms with Crippen LogP contribution in [-0.4, -0.2) is 23.6 Å². The first-order valence-corrected chi connectivity index (χ1v) is 8.16. The van der Waals surface area contributed by atoms with Crippen molar-refractivity contribution < 1.29 is 19.1 Å². The van der Waals surface area contributed by atoms with Crippen molar-refractivity contribution in [1.29, 1.82) is 0 Å². The molecular formula is C17H22O4. The summed E-state index contributed by atoms with van der Waals surface area (Å²) < 4.78 is 11.5. The van der Waals surface area contributed by atoms with Crippen LogP contribution in [0, 0.1) is 23.7 Å². The second-order valence-corrected chi connectivity index (χ2v) is 7.30. The molecule has 4 heteroatoms. The first-order valence-electron chi connectivity index (χ1n) is 8.16. The van der Waals surface area contributed by atoms with Crippen LogP contribution in [0.1, 0.15) is 44.9 Å². The third kappa shape index (κ3) is 1.87. The van der Waals surface area contributed by atoms with Crippen LogP contribution in [0.25, 0.3) is 0 Å². The molecule has 1 heterocycles. The lowest BCUT2D eigenvalue weighted by molar-refractivity contribution is -0.239. The molecular weight excluding hydrogens is 268 g/mol. The van der Waals surface area contributed by atoms with Crippen LogP contribution in [0.2, 0.25) is 0 Å². The SMILES string of the molecule is C=CC(=O)OC1(C2CCC(=O)O2)C2CC3CC(C2)CC1C3. The van der Waals surface area contributed by atoms with E-state index in [1.807, 2.05) is 0 Å². The van der Waals surface area contributed by atoms with E-state index in [4.69, 9.17) is 9.47 Å². The third-order valence-corrected chi connectivity index (χ3v) is 6.25. The lowest BCUT2D eigenvalue weighted by Gasteiger charge is -2.61. The highest BCUT2D eigenvalue weighted by atomic mass is 16.6.